The minimum atomic E-state index is 0.0565. The van der Waals surface area contributed by atoms with Crippen molar-refractivity contribution in [3.8, 4) is 5.75 Å². The molecule has 0 amide bonds. The van der Waals surface area contributed by atoms with E-state index in [1.165, 1.54) is 0 Å². The fourth-order valence-electron chi connectivity index (χ4n) is 3.14. The molecule has 0 saturated heterocycles. The van der Waals surface area contributed by atoms with Gasteiger partial charge in [-0.05, 0) is 33.2 Å². The predicted octanol–water partition coefficient (Wildman–Crippen LogP) is 3.05. The van der Waals surface area contributed by atoms with Crippen molar-refractivity contribution in [1.82, 2.24) is 9.88 Å². The third kappa shape index (κ3) is 3.55. The molecule has 120 valence electrons. The van der Waals surface area contributed by atoms with Gasteiger partial charge in [0.2, 0.25) is 0 Å². The number of hydrogen-bond acceptors (Lipinski definition) is 4. The summed E-state index contributed by atoms with van der Waals surface area (Å²) >= 11 is 0. The number of pyridine rings is 1. The van der Waals surface area contributed by atoms with Crippen LogP contribution in [0, 0.1) is 13.8 Å². The van der Waals surface area contributed by atoms with Crippen LogP contribution in [0.25, 0.3) is 0 Å². The fraction of sp³-hybridized carbons (Fsp3) is 0.706. The molecular formula is C17H31N3O. The zero-order valence-electron chi connectivity index (χ0n) is 14.5. The van der Waals surface area contributed by atoms with Crippen LogP contribution in [-0.2, 0) is 6.54 Å². The Morgan fingerprint density at radius 3 is 2.29 bits per heavy atom. The van der Waals surface area contributed by atoms with Gasteiger partial charge in [-0.25, -0.2) is 0 Å². The van der Waals surface area contributed by atoms with Crippen LogP contribution >= 0.6 is 0 Å². The van der Waals surface area contributed by atoms with Crippen molar-refractivity contribution in [2.45, 2.75) is 59.5 Å². The quantitative estimate of drug-likeness (QED) is 0.800. The Balaban J connectivity index is 3.13. The Morgan fingerprint density at radius 2 is 1.86 bits per heavy atom. The van der Waals surface area contributed by atoms with Gasteiger partial charge in [-0.2, -0.15) is 0 Å². The van der Waals surface area contributed by atoms with E-state index in [1.54, 1.807) is 7.11 Å². The van der Waals surface area contributed by atoms with E-state index in [4.69, 9.17) is 10.5 Å². The Bertz CT molecular complexity index is 447. The van der Waals surface area contributed by atoms with Crippen LogP contribution in [0.5, 0.6) is 5.75 Å². The third-order valence-electron chi connectivity index (χ3n) is 4.84. The maximum absolute atomic E-state index is 6.09. The van der Waals surface area contributed by atoms with Crippen LogP contribution in [0.4, 0.5) is 0 Å². The van der Waals surface area contributed by atoms with Gasteiger partial charge in [0.25, 0.3) is 0 Å². The van der Waals surface area contributed by atoms with E-state index >= 15 is 0 Å². The number of ether oxygens (including phenoxy) is 1. The second kappa shape index (κ2) is 7.76. The lowest BCUT2D eigenvalue weighted by molar-refractivity contribution is 0.0811. The number of hydrogen-bond donors (Lipinski definition) is 1. The van der Waals surface area contributed by atoms with Crippen molar-refractivity contribution in [1.29, 1.82) is 0 Å². The van der Waals surface area contributed by atoms with E-state index in [-0.39, 0.29) is 5.54 Å². The van der Waals surface area contributed by atoms with Gasteiger partial charge in [0.05, 0.1) is 12.8 Å². The molecular weight excluding hydrogens is 262 g/mol. The lowest BCUT2D eigenvalue weighted by atomic mass is 9.90. The topological polar surface area (TPSA) is 51.4 Å². The number of nitrogens with two attached hydrogens (primary N) is 1. The first-order valence-corrected chi connectivity index (χ1v) is 7.93. The number of rotatable bonds is 8. The van der Waals surface area contributed by atoms with Crippen molar-refractivity contribution < 1.29 is 4.74 Å². The summed E-state index contributed by atoms with van der Waals surface area (Å²) in [4.78, 5) is 7.08. The smallest absolute Gasteiger partial charge is 0.128 e. The summed E-state index contributed by atoms with van der Waals surface area (Å²) in [6, 6.07) is 0. The number of nitrogens with zero attached hydrogens (tertiary/aromatic N) is 2. The van der Waals surface area contributed by atoms with E-state index in [9.17, 15) is 0 Å². The fourth-order valence-corrected chi connectivity index (χ4v) is 3.14. The molecule has 1 aromatic rings. The SMILES string of the molecule is CCN(Cc1ncc(C)c(OC)c1C)C(CC)(CC)CN. The third-order valence-corrected chi connectivity index (χ3v) is 4.84. The molecule has 4 nitrogen and oxygen atoms in total. The number of aryl methyl sites for hydroxylation is 1. The first-order valence-electron chi connectivity index (χ1n) is 7.93. The zero-order chi connectivity index (χ0) is 16.0. The second-order valence-corrected chi connectivity index (χ2v) is 5.70. The summed E-state index contributed by atoms with van der Waals surface area (Å²) in [6.07, 6.45) is 4.00. The highest BCUT2D eigenvalue weighted by Gasteiger charge is 2.31. The number of aromatic nitrogens is 1. The average Bonchev–Trinajstić information content (AvgIpc) is 2.50. The van der Waals surface area contributed by atoms with E-state index in [0.717, 1.165) is 48.5 Å². The Morgan fingerprint density at radius 1 is 1.24 bits per heavy atom. The average molecular weight is 293 g/mol. The standard InChI is InChI=1S/C17H31N3O/c1-7-17(8-2,12-18)20(9-3)11-15-14(5)16(21-6)13(4)10-19-15/h10H,7-9,11-12,18H2,1-6H3. The lowest BCUT2D eigenvalue weighted by Gasteiger charge is -2.42. The Labute approximate surface area is 129 Å². The van der Waals surface area contributed by atoms with Crippen LogP contribution in [0.1, 0.15) is 50.4 Å². The molecule has 0 aliphatic rings. The minimum Gasteiger partial charge on any atom is -0.496 e. The summed E-state index contributed by atoms with van der Waals surface area (Å²) in [7, 11) is 1.72. The second-order valence-electron chi connectivity index (χ2n) is 5.70. The molecule has 0 unspecified atom stereocenters. The van der Waals surface area contributed by atoms with E-state index in [2.05, 4.69) is 37.6 Å². The molecule has 1 rings (SSSR count). The molecule has 0 aliphatic carbocycles. The highest BCUT2D eigenvalue weighted by atomic mass is 16.5. The maximum atomic E-state index is 6.09. The highest BCUT2D eigenvalue weighted by molar-refractivity contribution is 5.41. The van der Waals surface area contributed by atoms with Crippen LogP contribution in [0.3, 0.4) is 0 Å². The van der Waals surface area contributed by atoms with Gasteiger partial charge in [-0.3, -0.25) is 9.88 Å². The molecule has 0 spiro atoms. The van der Waals surface area contributed by atoms with E-state index in [0.29, 0.717) is 6.54 Å². The molecule has 0 saturated carbocycles. The predicted molar refractivity (Wildman–Crippen MR) is 88.7 cm³/mol. The van der Waals surface area contributed by atoms with Crippen LogP contribution < -0.4 is 10.5 Å². The van der Waals surface area contributed by atoms with Gasteiger partial charge in [0.15, 0.2) is 0 Å². The minimum absolute atomic E-state index is 0.0565. The Hall–Kier alpha value is -1.13. The van der Waals surface area contributed by atoms with Gasteiger partial charge in [-0.15, -0.1) is 0 Å². The van der Waals surface area contributed by atoms with Gasteiger partial charge >= 0.3 is 0 Å². The van der Waals surface area contributed by atoms with Crippen molar-refractivity contribution in [3.05, 3.63) is 23.0 Å². The van der Waals surface area contributed by atoms with Crippen molar-refractivity contribution in [3.63, 3.8) is 0 Å². The van der Waals surface area contributed by atoms with Gasteiger partial charge in [0.1, 0.15) is 5.75 Å². The molecule has 1 aromatic heterocycles. The summed E-state index contributed by atoms with van der Waals surface area (Å²) in [5.74, 6) is 0.947. The Kier molecular flexibility index (Phi) is 6.62. The summed E-state index contributed by atoms with van der Waals surface area (Å²) in [5, 5.41) is 0. The summed E-state index contributed by atoms with van der Waals surface area (Å²) in [5.41, 5.74) is 9.44. The van der Waals surface area contributed by atoms with Crippen LogP contribution in [-0.4, -0.2) is 35.6 Å². The summed E-state index contributed by atoms with van der Waals surface area (Å²) in [6.45, 7) is 13.2. The molecule has 4 heteroatoms. The molecule has 0 aromatic carbocycles. The first kappa shape index (κ1) is 17.9. The van der Waals surface area contributed by atoms with Crippen LogP contribution in [0.2, 0.25) is 0 Å². The van der Waals surface area contributed by atoms with E-state index in [1.807, 2.05) is 13.1 Å². The molecule has 0 bridgehead atoms. The largest absolute Gasteiger partial charge is 0.496 e. The number of methoxy groups -OCH3 is 1. The molecule has 0 atom stereocenters. The monoisotopic (exact) mass is 293 g/mol. The molecule has 21 heavy (non-hydrogen) atoms. The van der Waals surface area contributed by atoms with Crippen molar-refractivity contribution in [2.24, 2.45) is 5.73 Å². The molecule has 2 N–H and O–H groups in total. The maximum Gasteiger partial charge on any atom is 0.128 e. The molecule has 0 aliphatic heterocycles. The van der Waals surface area contributed by atoms with Crippen molar-refractivity contribution >= 4 is 0 Å². The lowest BCUT2D eigenvalue weighted by Crippen LogP contribution is -2.52. The zero-order valence-corrected chi connectivity index (χ0v) is 14.5. The van der Waals surface area contributed by atoms with E-state index < -0.39 is 0 Å². The molecule has 0 radical (unpaired) electrons. The normalized spacial score (nSPS) is 12.0. The molecule has 0 fully saturated rings. The van der Waals surface area contributed by atoms with Gasteiger partial charge in [-0.1, -0.05) is 20.8 Å². The van der Waals surface area contributed by atoms with Crippen LogP contribution in [0.15, 0.2) is 6.20 Å². The number of likely N-dealkylation sites (N-methyl/N-ethyl adjacent to an activating group) is 1. The molecule has 1 heterocycles. The van der Waals surface area contributed by atoms with Gasteiger partial charge in [0, 0.05) is 36.0 Å². The first-order chi connectivity index (χ1) is 9.99. The summed E-state index contributed by atoms with van der Waals surface area (Å²) < 4.78 is 5.51. The van der Waals surface area contributed by atoms with Gasteiger partial charge < -0.3 is 10.5 Å². The highest BCUT2D eigenvalue weighted by Crippen LogP contribution is 2.28. The van der Waals surface area contributed by atoms with Crippen molar-refractivity contribution in [2.75, 3.05) is 20.2 Å².